The van der Waals surface area contributed by atoms with Crippen molar-refractivity contribution in [2.24, 2.45) is 0 Å². The Kier molecular flexibility index (Phi) is 5.74. The van der Waals surface area contributed by atoms with Crippen LogP contribution >= 0.6 is 11.6 Å². The predicted octanol–water partition coefficient (Wildman–Crippen LogP) is 2.80. The topological polar surface area (TPSA) is 61.5 Å². The molecule has 2 aromatic carbocycles. The van der Waals surface area contributed by atoms with E-state index in [9.17, 15) is 4.79 Å². The number of hydrogen-bond donors (Lipinski definition) is 3. The van der Waals surface area contributed by atoms with Gasteiger partial charge in [-0.05, 0) is 37.1 Å². The maximum atomic E-state index is 12.1. The molecule has 0 fully saturated rings. The Morgan fingerprint density at radius 3 is 2.76 bits per heavy atom. The van der Waals surface area contributed by atoms with Crippen molar-refractivity contribution in [2.45, 2.75) is 19.4 Å². The number of hydrogen-bond acceptors (Lipinski definition) is 1. The predicted molar refractivity (Wildman–Crippen MR) is 102 cm³/mol. The van der Waals surface area contributed by atoms with E-state index in [1.807, 2.05) is 47.9 Å². The number of carbonyl (C=O) groups excluding carboxylic acids is 1. The number of rotatable bonds is 7. The molecular weight excluding hydrogens is 334 g/mol. The smallest absolute Gasteiger partial charge is 0.275 e. The van der Waals surface area contributed by atoms with Gasteiger partial charge in [0.2, 0.25) is 0 Å². The third kappa shape index (κ3) is 4.62. The van der Waals surface area contributed by atoms with Crippen LogP contribution in [0.4, 0.5) is 0 Å². The van der Waals surface area contributed by atoms with Crippen molar-refractivity contribution in [3.63, 3.8) is 0 Å². The van der Waals surface area contributed by atoms with E-state index in [1.165, 1.54) is 10.9 Å². The monoisotopic (exact) mass is 356 g/mol. The van der Waals surface area contributed by atoms with Gasteiger partial charge in [0.15, 0.2) is 6.54 Å². The van der Waals surface area contributed by atoms with Gasteiger partial charge in [-0.3, -0.25) is 4.79 Å². The third-order valence-corrected chi connectivity index (χ3v) is 4.70. The van der Waals surface area contributed by atoms with Gasteiger partial charge in [0.25, 0.3) is 5.91 Å². The molecule has 1 amide bonds. The van der Waals surface area contributed by atoms with Crippen LogP contribution in [0.15, 0.2) is 54.7 Å². The van der Waals surface area contributed by atoms with Gasteiger partial charge in [0.05, 0.1) is 0 Å². The first-order valence-electron chi connectivity index (χ1n) is 8.54. The van der Waals surface area contributed by atoms with Crippen LogP contribution in [-0.2, 0) is 11.2 Å². The van der Waals surface area contributed by atoms with Crippen LogP contribution in [0.1, 0.15) is 24.1 Å². The van der Waals surface area contributed by atoms with Crippen molar-refractivity contribution in [1.82, 2.24) is 10.3 Å². The lowest BCUT2D eigenvalue weighted by Gasteiger charge is -2.11. The Hall–Kier alpha value is -2.30. The molecule has 0 bridgehead atoms. The molecule has 0 aliphatic rings. The molecular formula is C20H23ClN3O+. The summed E-state index contributed by atoms with van der Waals surface area (Å²) in [6, 6.07) is 16.2. The minimum atomic E-state index is 0.0562. The van der Waals surface area contributed by atoms with E-state index in [1.54, 1.807) is 0 Å². The normalized spacial score (nSPS) is 12.2. The summed E-state index contributed by atoms with van der Waals surface area (Å²) in [5.74, 6) is 0.0562. The quantitative estimate of drug-likeness (QED) is 0.599. The lowest BCUT2D eigenvalue weighted by Crippen LogP contribution is -2.87. The van der Waals surface area contributed by atoms with Gasteiger partial charge in [0, 0.05) is 34.2 Å². The molecule has 5 heteroatoms. The number of nitrogens with two attached hydrogens (primary N) is 1. The van der Waals surface area contributed by atoms with Crippen LogP contribution < -0.4 is 10.6 Å². The first-order chi connectivity index (χ1) is 12.1. The second-order valence-corrected chi connectivity index (χ2v) is 6.68. The summed E-state index contributed by atoms with van der Waals surface area (Å²) in [5.41, 5.74) is 3.53. The molecule has 3 rings (SSSR count). The van der Waals surface area contributed by atoms with Crippen LogP contribution in [0.25, 0.3) is 10.9 Å². The molecule has 1 atom stereocenters. The van der Waals surface area contributed by atoms with Crippen molar-refractivity contribution < 1.29 is 10.1 Å². The van der Waals surface area contributed by atoms with E-state index in [0.717, 1.165) is 22.5 Å². The number of fused-ring (bicyclic) bond motifs is 1. The van der Waals surface area contributed by atoms with Crippen LogP contribution in [0.2, 0.25) is 5.02 Å². The average Bonchev–Trinajstić information content (AvgIpc) is 3.04. The molecule has 4 nitrogen and oxygen atoms in total. The van der Waals surface area contributed by atoms with Gasteiger partial charge in [0.1, 0.15) is 6.04 Å². The highest BCUT2D eigenvalue weighted by Gasteiger charge is 2.11. The number of para-hydroxylation sites is 1. The molecule has 3 aromatic rings. The number of aromatic nitrogens is 1. The molecule has 25 heavy (non-hydrogen) atoms. The Labute approximate surface area is 152 Å². The number of nitrogens with one attached hydrogen (secondary N) is 2. The van der Waals surface area contributed by atoms with Crippen LogP contribution in [0.3, 0.4) is 0 Å². The number of carbonyl (C=O) groups is 1. The number of H-pyrrole nitrogens is 1. The lowest BCUT2D eigenvalue weighted by molar-refractivity contribution is -0.682. The van der Waals surface area contributed by atoms with E-state index in [-0.39, 0.29) is 11.9 Å². The summed E-state index contributed by atoms with van der Waals surface area (Å²) >= 11 is 5.90. The molecule has 1 aromatic heterocycles. The van der Waals surface area contributed by atoms with Gasteiger partial charge < -0.3 is 15.6 Å². The number of amides is 1. The minimum absolute atomic E-state index is 0.0562. The van der Waals surface area contributed by atoms with E-state index < -0.39 is 0 Å². The summed E-state index contributed by atoms with van der Waals surface area (Å²) in [7, 11) is 0. The van der Waals surface area contributed by atoms with Gasteiger partial charge >= 0.3 is 0 Å². The fraction of sp³-hybridized carbons (Fsp3) is 0.250. The maximum Gasteiger partial charge on any atom is 0.275 e. The Morgan fingerprint density at radius 1 is 1.20 bits per heavy atom. The molecule has 0 saturated heterocycles. The molecule has 130 valence electrons. The summed E-state index contributed by atoms with van der Waals surface area (Å²) in [4.78, 5) is 15.3. The fourth-order valence-electron chi connectivity index (χ4n) is 2.93. The second kappa shape index (κ2) is 8.19. The summed E-state index contributed by atoms with van der Waals surface area (Å²) in [5, 5.41) is 6.98. The largest absolute Gasteiger partial charge is 0.361 e. The summed E-state index contributed by atoms with van der Waals surface area (Å²) in [6.45, 7) is 3.14. The highest BCUT2D eigenvalue weighted by molar-refractivity contribution is 6.30. The minimum Gasteiger partial charge on any atom is -0.361 e. The van der Waals surface area contributed by atoms with Crippen molar-refractivity contribution >= 4 is 28.4 Å². The van der Waals surface area contributed by atoms with Gasteiger partial charge in [-0.25, -0.2) is 0 Å². The van der Waals surface area contributed by atoms with Crippen molar-refractivity contribution in [1.29, 1.82) is 0 Å². The first kappa shape index (κ1) is 17.5. The van der Waals surface area contributed by atoms with E-state index in [4.69, 9.17) is 11.6 Å². The van der Waals surface area contributed by atoms with Crippen molar-refractivity contribution in [3.8, 4) is 0 Å². The Morgan fingerprint density at radius 2 is 1.96 bits per heavy atom. The zero-order valence-corrected chi connectivity index (χ0v) is 15.0. The zero-order chi connectivity index (χ0) is 17.6. The Bertz CT molecular complexity index is 842. The van der Waals surface area contributed by atoms with Crippen molar-refractivity contribution in [2.75, 3.05) is 13.1 Å². The molecule has 4 N–H and O–H groups in total. The summed E-state index contributed by atoms with van der Waals surface area (Å²) in [6.07, 6.45) is 2.84. The second-order valence-electron chi connectivity index (χ2n) is 6.24. The standard InChI is InChI=1S/C20H22ClN3O/c1-14(15-6-8-17(21)9-7-15)23-13-20(25)22-11-10-16-12-24-19-5-3-2-4-18(16)19/h2-9,12,14,23-24H,10-11,13H2,1H3,(H,22,25)/p+1/t14-/m1/s1. The molecule has 0 unspecified atom stereocenters. The maximum absolute atomic E-state index is 12.1. The molecule has 0 saturated carbocycles. The van der Waals surface area contributed by atoms with Crippen LogP contribution in [0.5, 0.6) is 0 Å². The molecule has 0 radical (unpaired) electrons. The first-order valence-corrected chi connectivity index (χ1v) is 8.92. The molecule has 0 aliphatic carbocycles. The average molecular weight is 357 g/mol. The lowest BCUT2D eigenvalue weighted by atomic mass is 10.1. The highest BCUT2D eigenvalue weighted by Crippen LogP contribution is 2.17. The van der Waals surface area contributed by atoms with E-state index in [2.05, 4.69) is 29.4 Å². The van der Waals surface area contributed by atoms with E-state index >= 15 is 0 Å². The van der Waals surface area contributed by atoms with Crippen LogP contribution in [0, 0.1) is 0 Å². The fourth-order valence-corrected chi connectivity index (χ4v) is 3.06. The van der Waals surface area contributed by atoms with E-state index in [0.29, 0.717) is 13.1 Å². The van der Waals surface area contributed by atoms with Gasteiger partial charge in [-0.2, -0.15) is 0 Å². The number of benzene rings is 2. The highest BCUT2D eigenvalue weighted by atomic mass is 35.5. The number of aromatic amines is 1. The van der Waals surface area contributed by atoms with Gasteiger partial charge in [-0.15, -0.1) is 0 Å². The van der Waals surface area contributed by atoms with Crippen LogP contribution in [-0.4, -0.2) is 24.0 Å². The Balaban J connectivity index is 1.43. The zero-order valence-electron chi connectivity index (χ0n) is 14.3. The van der Waals surface area contributed by atoms with Crippen molar-refractivity contribution in [3.05, 3.63) is 70.9 Å². The third-order valence-electron chi connectivity index (χ3n) is 4.44. The summed E-state index contributed by atoms with van der Waals surface area (Å²) < 4.78 is 0. The number of quaternary nitrogens is 1. The van der Waals surface area contributed by atoms with Gasteiger partial charge in [-0.1, -0.05) is 41.9 Å². The SMILES string of the molecule is C[C@@H]([NH2+]CC(=O)NCCc1c[nH]c2ccccc12)c1ccc(Cl)cc1. The molecule has 1 heterocycles. The number of halogens is 1. The molecule has 0 aliphatic heterocycles. The molecule has 0 spiro atoms.